The number of esters is 1. The van der Waals surface area contributed by atoms with Gasteiger partial charge in [-0.05, 0) is 37.3 Å². The van der Waals surface area contributed by atoms with E-state index in [0.29, 0.717) is 22.4 Å². The Kier molecular flexibility index (Phi) is 5.69. The second-order valence-corrected chi connectivity index (χ2v) is 5.94. The molecule has 28 heavy (non-hydrogen) atoms. The van der Waals surface area contributed by atoms with Gasteiger partial charge in [0.05, 0.1) is 7.11 Å². The Morgan fingerprint density at radius 2 is 1.89 bits per heavy atom. The Bertz CT molecular complexity index is 1050. The molecule has 0 bridgehead atoms. The first-order valence-electron chi connectivity index (χ1n) is 8.45. The zero-order valence-electron chi connectivity index (χ0n) is 15.4. The van der Waals surface area contributed by atoms with Gasteiger partial charge in [-0.2, -0.15) is 4.68 Å². The van der Waals surface area contributed by atoms with Crippen LogP contribution in [0.2, 0.25) is 0 Å². The molecule has 1 heterocycles. The van der Waals surface area contributed by atoms with Crippen molar-refractivity contribution in [1.29, 1.82) is 0 Å². The van der Waals surface area contributed by atoms with Crippen molar-refractivity contribution < 1.29 is 23.5 Å². The number of ketones is 1. The summed E-state index contributed by atoms with van der Waals surface area (Å²) in [6.07, 6.45) is 0. The highest BCUT2D eigenvalue weighted by molar-refractivity contribution is 5.94. The zero-order valence-corrected chi connectivity index (χ0v) is 15.4. The molecule has 0 saturated heterocycles. The second kappa shape index (κ2) is 8.34. The SMILES string of the molecule is COc1ccc(C(C)=O)cc1COC(=O)Cn1nc(-c2ccccc2)oc1=O. The van der Waals surface area contributed by atoms with E-state index in [9.17, 15) is 14.4 Å². The molecule has 3 rings (SSSR count). The molecule has 0 unspecified atom stereocenters. The number of aromatic nitrogens is 2. The number of methoxy groups -OCH3 is 1. The van der Waals surface area contributed by atoms with Crippen molar-refractivity contribution in [3.8, 4) is 17.2 Å². The van der Waals surface area contributed by atoms with Crippen molar-refractivity contribution in [2.75, 3.05) is 7.11 Å². The van der Waals surface area contributed by atoms with Gasteiger partial charge < -0.3 is 13.9 Å². The summed E-state index contributed by atoms with van der Waals surface area (Å²) < 4.78 is 16.4. The fourth-order valence-corrected chi connectivity index (χ4v) is 2.54. The first-order valence-corrected chi connectivity index (χ1v) is 8.45. The van der Waals surface area contributed by atoms with Gasteiger partial charge in [-0.1, -0.05) is 18.2 Å². The molecule has 8 nitrogen and oxygen atoms in total. The van der Waals surface area contributed by atoms with Crippen LogP contribution in [0, 0.1) is 0 Å². The molecular formula is C20H18N2O6. The number of carbonyl (C=O) groups excluding carboxylic acids is 2. The molecular weight excluding hydrogens is 364 g/mol. The number of benzene rings is 2. The van der Waals surface area contributed by atoms with Crippen molar-refractivity contribution in [2.45, 2.75) is 20.1 Å². The van der Waals surface area contributed by atoms with Gasteiger partial charge >= 0.3 is 11.7 Å². The molecule has 0 radical (unpaired) electrons. The zero-order chi connectivity index (χ0) is 20.1. The Morgan fingerprint density at radius 3 is 2.57 bits per heavy atom. The highest BCUT2D eigenvalue weighted by atomic mass is 16.5. The summed E-state index contributed by atoms with van der Waals surface area (Å²) in [7, 11) is 1.48. The third kappa shape index (κ3) is 4.35. The molecule has 144 valence electrons. The number of Topliss-reactive ketones (excluding diaryl/α,β-unsaturated/α-hetero) is 1. The molecule has 0 aliphatic rings. The van der Waals surface area contributed by atoms with Gasteiger partial charge in [0.1, 0.15) is 18.9 Å². The molecule has 0 spiro atoms. The second-order valence-electron chi connectivity index (χ2n) is 5.94. The van der Waals surface area contributed by atoms with E-state index in [4.69, 9.17) is 13.9 Å². The van der Waals surface area contributed by atoms with Crippen LogP contribution in [0.5, 0.6) is 5.75 Å². The molecule has 1 aromatic heterocycles. The van der Waals surface area contributed by atoms with E-state index < -0.39 is 18.3 Å². The molecule has 2 aromatic carbocycles. The minimum atomic E-state index is -0.757. The summed E-state index contributed by atoms with van der Waals surface area (Å²) >= 11 is 0. The lowest BCUT2D eigenvalue weighted by Crippen LogP contribution is -2.23. The first-order chi connectivity index (χ1) is 13.5. The molecule has 0 aliphatic heterocycles. The van der Waals surface area contributed by atoms with E-state index in [2.05, 4.69) is 5.10 Å². The summed E-state index contributed by atoms with van der Waals surface area (Å²) in [6, 6.07) is 13.7. The third-order valence-electron chi connectivity index (χ3n) is 3.98. The van der Waals surface area contributed by atoms with Crippen LogP contribution >= 0.6 is 0 Å². The van der Waals surface area contributed by atoms with Crippen molar-refractivity contribution in [2.24, 2.45) is 0 Å². The Hall–Kier alpha value is -3.68. The lowest BCUT2D eigenvalue weighted by molar-refractivity contribution is -0.146. The number of nitrogens with zero attached hydrogens (tertiary/aromatic N) is 2. The van der Waals surface area contributed by atoms with Gasteiger partial charge in [-0.25, -0.2) is 4.79 Å². The largest absolute Gasteiger partial charge is 0.496 e. The highest BCUT2D eigenvalue weighted by Crippen LogP contribution is 2.21. The van der Waals surface area contributed by atoms with Crippen molar-refractivity contribution >= 4 is 11.8 Å². The fraction of sp³-hybridized carbons (Fsp3) is 0.200. The normalized spacial score (nSPS) is 10.5. The predicted molar refractivity (Wildman–Crippen MR) is 99.0 cm³/mol. The van der Waals surface area contributed by atoms with E-state index in [1.807, 2.05) is 6.07 Å². The van der Waals surface area contributed by atoms with E-state index in [-0.39, 0.29) is 18.3 Å². The molecule has 3 aromatic rings. The van der Waals surface area contributed by atoms with Gasteiger partial charge in [0.2, 0.25) is 5.89 Å². The molecule has 0 amide bonds. The molecule has 8 heteroatoms. The summed E-state index contributed by atoms with van der Waals surface area (Å²) in [4.78, 5) is 35.6. The van der Waals surface area contributed by atoms with Gasteiger partial charge in [0.15, 0.2) is 5.78 Å². The molecule has 0 fully saturated rings. The average Bonchev–Trinajstić information content (AvgIpc) is 3.07. The van der Waals surface area contributed by atoms with Crippen LogP contribution in [0.1, 0.15) is 22.8 Å². The molecule has 0 atom stereocenters. The van der Waals surface area contributed by atoms with Gasteiger partial charge in [-0.15, -0.1) is 5.10 Å². The van der Waals surface area contributed by atoms with Gasteiger partial charge in [0.25, 0.3) is 0 Å². The fourth-order valence-electron chi connectivity index (χ4n) is 2.54. The smallest absolute Gasteiger partial charge is 0.437 e. The minimum Gasteiger partial charge on any atom is -0.496 e. The quantitative estimate of drug-likeness (QED) is 0.457. The number of ether oxygens (including phenoxy) is 2. The number of carbonyl (C=O) groups is 2. The topological polar surface area (TPSA) is 101 Å². The van der Waals surface area contributed by atoms with Crippen molar-refractivity contribution in [1.82, 2.24) is 9.78 Å². The number of hydrogen-bond acceptors (Lipinski definition) is 7. The summed E-state index contributed by atoms with van der Waals surface area (Å²) in [6.45, 7) is 0.935. The molecule has 0 N–H and O–H groups in total. The monoisotopic (exact) mass is 382 g/mol. The maximum atomic E-state index is 12.1. The van der Waals surface area contributed by atoms with Crippen LogP contribution in [-0.2, 0) is 22.7 Å². The highest BCUT2D eigenvalue weighted by Gasteiger charge is 2.15. The minimum absolute atomic E-state index is 0.110. The first kappa shape index (κ1) is 19.1. The van der Waals surface area contributed by atoms with Gasteiger partial charge in [-0.3, -0.25) is 9.59 Å². The van der Waals surface area contributed by atoms with Crippen LogP contribution in [0.4, 0.5) is 0 Å². The van der Waals surface area contributed by atoms with E-state index in [0.717, 1.165) is 4.68 Å². The summed E-state index contributed by atoms with van der Waals surface area (Å²) in [5, 5.41) is 4.01. The third-order valence-corrected chi connectivity index (χ3v) is 3.98. The lowest BCUT2D eigenvalue weighted by atomic mass is 10.1. The number of hydrogen-bond donors (Lipinski definition) is 0. The molecule has 0 saturated carbocycles. The predicted octanol–water partition coefficient (Wildman–Crippen LogP) is 2.46. The number of rotatable bonds is 7. The average molecular weight is 382 g/mol. The standard InChI is InChI=1S/C20H18N2O6/c1-13(23)15-8-9-17(26-2)16(10-15)12-27-18(24)11-22-20(25)28-19(21-22)14-6-4-3-5-7-14/h3-10H,11-12H2,1-2H3. The maximum Gasteiger partial charge on any atom is 0.437 e. The van der Waals surface area contributed by atoms with Crippen molar-refractivity contribution in [3.63, 3.8) is 0 Å². The Labute approximate surface area is 160 Å². The van der Waals surface area contributed by atoms with E-state index >= 15 is 0 Å². The van der Waals surface area contributed by atoms with Crippen molar-refractivity contribution in [3.05, 3.63) is 70.2 Å². The summed E-state index contributed by atoms with van der Waals surface area (Å²) in [5.74, 6) is -0.938. The van der Waals surface area contributed by atoms with Gasteiger partial charge in [0, 0.05) is 16.7 Å². The van der Waals surface area contributed by atoms with Crippen LogP contribution in [0.3, 0.4) is 0 Å². The van der Waals surface area contributed by atoms with Crippen LogP contribution in [-0.4, -0.2) is 28.6 Å². The van der Waals surface area contributed by atoms with Crippen LogP contribution in [0.25, 0.3) is 11.5 Å². The summed E-state index contributed by atoms with van der Waals surface area (Å²) in [5.41, 5.74) is 1.64. The molecule has 0 aliphatic carbocycles. The van der Waals surface area contributed by atoms with Crippen LogP contribution < -0.4 is 10.5 Å². The Morgan fingerprint density at radius 1 is 1.14 bits per heavy atom. The lowest BCUT2D eigenvalue weighted by Gasteiger charge is -2.10. The maximum absolute atomic E-state index is 12.1. The Balaban J connectivity index is 1.69. The van der Waals surface area contributed by atoms with E-state index in [1.54, 1.807) is 42.5 Å². The van der Waals surface area contributed by atoms with E-state index in [1.165, 1.54) is 14.0 Å². The van der Waals surface area contributed by atoms with Crippen LogP contribution in [0.15, 0.2) is 57.7 Å².